The molecule has 0 fully saturated rings. The SMILES string of the molecule is CCC(CC)O[C@@H]1C=C(C(=O)O)C[C@H](NC(=O)c2cnn(Cc3cccc(CO)c3)c2)[C@H]1NC(C)=O. The number of aliphatic hydroxyl groups excluding tert-OH is 1. The standard InChI is InChI=1S/C26H34N4O6/c1-4-21(5-2)36-23-11-19(26(34)35)10-22(24(23)28-16(3)32)29-25(33)20-12-27-30(14-20)13-17-7-6-8-18(9-17)15-31/h6-9,11-12,14,21-24,31H,4-5,10,13,15H2,1-3H3,(H,28,32)(H,29,33)(H,34,35)/t22-,23+,24+/m0/s1. The summed E-state index contributed by atoms with van der Waals surface area (Å²) in [6, 6.07) is 6.10. The predicted molar refractivity (Wildman–Crippen MR) is 132 cm³/mol. The molecule has 4 N–H and O–H groups in total. The van der Waals surface area contributed by atoms with E-state index in [0.717, 1.165) is 24.0 Å². The molecular formula is C26H34N4O6. The molecule has 10 heteroatoms. The molecule has 0 aliphatic heterocycles. The number of aromatic nitrogens is 2. The number of benzene rings is 1. The van der Waals surface area contributed by atoms with E-state index in [1.807, 2.05) is 38.1 Å². The van der Waals surface area contributed by atoms with E-state index >= 15 is 0 Å². The summed E-state index contributed by atoms with van der Waals surface area (Å²) < 4.78 is 7.76. The molecule has 0 unspecified atom stereocenters. The number of carbonyl (C=O) groups is 3. The highest BCUT2D eigenvalue weighted by molar-refractivity contribution is 5.94. The van der Waals surface area contributed by atoms with Gasteiger partial charge in [0.2, 0.25) is 5.91 Å². The van der Waals surface area contributed by atoms with Gasteiger partial charge >= 0.3 is 5.97 Å². The molecule has 1 aromatic carbocycles. The Morgan fingerprint density at radius 1 is 1.19 bits per heavy atom. The Balaban J connectivity index is 1.79. The summed E-state index contributed by atoms with van der Waals surface area (Å²) >= 11 is 0. The summed E-state index contributed by atoms with van der Waals surface area (Å²) in [5.41, 5.74) is 2.13. The van der Waals surface area contributed by atoms with Crippen LogP contribution in [0.3, 0.4) is 0 Å². The van der Waals surface area contributed by atoms with Crippen molar-refractivity contribution < 1.29 is 29.3 Å². The van der Waals surface area contributed by atoms with Crippen molar-refractivity contribution in [1.29, 1.82) is 0 Å². The molecule has 10 nitrogen and oxygen atoms in total. The van der Waals surface area contributed by atoms with Crippen molar-refractivity contribution in [1.82, 2.24) is 20.4 Å². The smallest absolute Gasteiger partial charge is 0.331 e. The monoisotopic (exact) mass is 498 g/mol. The maximum atomic E-state index is 13.1. The van der Waals surface area contributed by atoms with Gasteiger partial charge in [0.1, 0.15) is 0 Å². The fourth-order valence-electron chi connectivity index (χ4n) is 4.34. The van der Waals surface area contributed by atoms with Gasteiger partial charge in [0, 0.05) is 25.1 Å². The first-order valence-electron chi connectivity index (χ1n) is 12.1. The lowest BCUT2D eigenvalue weighted by Gasteiger charge is -2.38. The summed E-state index contributed by atoms with van der Waals surface area (Å²) in [6.45, 7) is 5.67. The summed E-state index contributed by atoms with van der Waals surface area (Å²) in [6.07, 6.45) is 5.25. The number of hydrogen-bond donors (Lipinski definition) is 4. The molecule has 0 saturated heterocycles. The molecule has 0 radical (unpaired) electrons. The molecule has 0 spiro atoms. The lowest BCUT2D eigenvalue weighted by Crippen LogP contribution is -2.59. The fourth-order valence-corrected chi connectivity index (χ4v) is 4.34. The molecule has 36 heavy (non-hydrogen) atoms. The zero-order valence-electron chi connectivity index (χ0n) is 20.8. The molecule has 2 aromatic rings. The highest BCUT2D eigenvalue weighted by atomic mass is 16.5. The zero-order valence-corrected chi connectivity index (χ0v) is 20.8. The summed E-state index contributed by atoms with van der Waals surface area (Å²) in [4.78, 5) is 36.9. The van der Waals surface area contributed by atoms with Crippen molar-refractivity contribution in [2.75, 3.05) is 0 Å². The Morgan fingerprint density at radius 2 is 1.92 bits per heavy atom. The summed E-state index contributed by atoms with van der Waals surface area (Å²) in [5.74, 6) is -1.83. The highest BCUT2D eigenvalue weighted by Crippen LogP contribution is 2.25. The van der Waals surface area contributed by atoms with Gasteiger partial charge in [-0.1, -0.05) is 38.1 Å². The summed E-state index contributed by atoms with van der Waals surface area (Å²) in [5, 5.41) is 29.0. The van der Waals surface area contributed by atoms with E-state index in [9.17, 15) is 24.6 Å². The van der Waals surface area contributed by atoms with Gasteiger partial charge in [0.25, 0.3) is 5.91 Å². The zero-order chi connectivity index (χ0) is 26.2. The van der Waals surface area contributed by atoms with Gasteiger partial charge < -0.3 is 25.6 Å². The van der Waals surface area contributed by atoms with Gasteiger partial charge in [-0.3, -0.25) is 14.3 Å². The highest BCUT2D eigenvalue weighted by Gasteiger charge is 2.38. The first-order valence-corrected chi connectivity index (χ1v) is 12.1. The average Bonchev–Trinajstić information content (AvgIpc) is 3.32. The lowest BCUT2D eigenvalue weighted by molar-refractivity contribution is -0.133. The van der Waals surface area contributed by atoms with Crippen LogP contribution in [-0.2, 0) is 27.5 Å². The number of carboxylic acids is 1. The molecule has 194 valence electrons. The largest absolute Gasteiger partial charge is 0.478 e. The van der Waals surface area contributed by atoms with Crippen LogP contribution in [0.2, 0.25) is 0 Å². The van der Waals surface area contributed by atoms with Crippen molar-refractivity contribution in [3.8, 4) is 0 Å². The van der Waals surface area contributed by atoms with E-state index in [1.165, 1.54) is 19.2 Å². The number of nitrogens with one attached hydrogen (secondary N) is 2. The number of nitrogens with zero attached hydrogens (tertiary/aromatic N) is 2. The number of ether oxygens (including phenoxy) is 1. The third-order valence-corrected chi connectivity index (χ3v) is 6.23. The van der Waals surface area contributed by atoms with Crippen LogP contribution in [0.1, 0.15) is 61.5 Å². The molecule has 1 heterocycles. The number of aliphatic hydroxyl groups is 1. The van der Waals surface area contributed by atoms with E-state index in [-0.39, 0.29) is 30.6 Å². The number of hydrogen-bond acceptors (Lipinski definition) is 6. The minimum Gasteiger partial charge on any atom is -0.478 e. The first kappa shape index (κ1) is 27.1. The molecule has 1 aliphatic carbocycles. The Hall–Kier alpha value is -3.50. The predicted octanol–water partition coefficient (Wildman–Crippen LogP) is 2.02. The maximum absolute atomic E-state index is 13.1. The minimum absolute atomic E-state index is 0.0386. The fraction of sp³-hybridized carbons (Fsp3) is 0.462. The number of amides is 2. The Morgan fingerprint density at radius 3 is 2.56 bits per heavy atom. The van der Waals surface area contributed by atoms with Crippen molar-refractivity contribution >= 4 is 17.8 Å². The van der Waals surface area contributed by atoms with Gasteiger partial charge in [0.15, 0.2) is 0 Å². The van der Waals surface area contributed by atoms with Gasteiger partial charge in [-0.25, -0.2) is 4.79 Å². The van der Waals surface area contributed by atoms with Crippen molar-refractivity contribution in [3.63, 3.8) is 0 Å². The third-order valence-electron chi connectivity index (χ3n) is 6.23. The second-order valence-electron chi connectivity index (χ2n) is 8.95. The van der Waals surface area contributed by atoms with Crippen LogP contribution in [0.5, 0.6) is 0 Å². The second kappa shape index (κ2) is 12.5. The van der Waals surface area contributed by atoms with Crippen LogP contribution in [0.25, 0.3) is 0 Å². The van der Waals surface area contributed by atoms with Crippen molar-refractivity contribution in [2.45, 2.75) is 77.5 Å². The molecule has 1 aliphatic rings. The van der Waals surface area contributed by atoms with Crippen LogP contribution >= 0.6 is 0 Å². The third kappa shape index (κ3) is 7.02. The average molecular weight is 499 g/mol. The quantitative estimate of drug-likeness (QED) is 0.371. The molecule has 3 rings (SSSR count). The number of aliphatic carboxylic acids is 1. The minimum atomic E-state index is -1.09. The van der Waals surface area contributed by atoms with E-state index in [2.05, 4.69) is 15.7 Å². The van der Waals surface area contributed by atoms with Crippen LogP contribution in [0, 0.1) is 0 Å². The van der Waals surface area contributed by atoms with Crippen molar-refractivity contribution in [3.05, 3.63) is 65.0 Å². The number of carbonyl (C=O) groups excluding carboxylic acids is 2. The number of carboxylic acid groups (broad SMARTS) is 1. The molecule has 2 amide bonds. The van der Waals surface area contributed by atoms with Gasteiger partial charge in [-0.15, -0.1) is 0 Å². The summed E-state index contributed by atoms with van der Waals surface area (Å²) in [7, 11) is 0. The normalized spacial score (nSPS) is 19.6. The van der Waals surface area contributed by atoms with Crippen molar-refractivity contribution in [2.24, 2.45) is 0 Å². The molecular weight excluding hydrogens is 464 g/mol. The second-order valence-corrected chi connectivity index (χ2v) is 8.95. The van der Waals surface area contributed by atoms with Gasteiger partial charge in [0.05, 0.1) is 49.2 Å². The maximum Gasteiger partial charge on any atom is 0.331 e. The van der Waals surface area contributed by atoms with E-state index < -0.39 is 30.1 Å². The van der Waals surface area contributed by atoms with Crippen LogP contribution in [0.4, 0.5) is 0 Å². The Bertz CT molecular complexity index is 1110. The van der Waals surface area contributed by atoms with Crippen LogP contribution in [-0.4, -0.2) is 62.1 Å². The molecule has 0 bridgehead atoms. The van der Waals surface area contributed by atoms with Crippen LogP contribution in [0.15, 0.2) is 48.3 Å². The Kier molecular flexibility index (Phi) is 9.38. The first-order chi connectivity index (χ1) is 17.2. The van der Waals surface area contributed by atoms with E-state index in [4.69, 9.17) is 4.74 Å². The number of rotatable bonds is 11. The van der Waals surface area contributed by atoms with Gasteiger partial charge in [-0.2, -0.15) is 5.10 Å². The molecule has 3 atom stereocenters. The topological polar surface area (TPSA) is 143 Å². The Labute approximate surface area is 210 Å². The molecule has 1 aromatic heterocycles. The van der Waals surface area contributed by atoms with E-state index in [1.54, 1.807) is 10.9 Å². The van der Waals surface area contributed by atoms with Gasteiger partial charge in [-0.05, 0) is 30.0 Å². The van der Waals surface area contributed by atoms with E-state index in [0.29, 0.717) is 12.1 Å². The lowest BCUT2D eigenvalue weighted by atomic mass is 9.87. The van der Waals surface area contributed by atoms with Crippen LogP contribution < -0.4 is 10.6 Å². The molecule has 0 saturated carbocycles.